The Kier molecular flexibility index (Phi) is 33.1. The van der Waals surface area contributed by atoms with Crippen LogP contribution in [0, 0.1) is 0 Å². The number of carbonyl (C=O) groups is 2. The lowest BCUT2D eigenvalue weighted by atomic mass is 9.85. The number of carbonyl (C=O) groups excluding carboxylic acids is 2. The molecule has 0 saturated heterocycles. The summed E-state index contributed by atoms with van der Waals surface area (Å²) in [6, 6.07) is 0. The molecule has 62 heavy (non-hydrogen) atoms. The van der Waals surface area contributed by atoms with E-state index in [4.69, 9.17) is 18.5 Å². The molecule has 0 aromatic carbocycles. The largest absolute Gasteiger partial charge is 0.472 e. The zero-order chi connectivity index (χ0) is 45.9. The summed E-state index contributed by atoms with van der Waals surface area (Å²) in [5, 5.41) is 59.6. The number of ether oxygens (including phenoxy) is 2. The Morgan fingerprint density at radius 3 is 1.58 bits per heavy atom. The second-order valence-electron chi connectivity index (χ2n) is 15.0. The van der Waals surface area contributed by atoms with Crippen molar-refractivity contribution in [3.63, 3.8) is 0 Å². The Morgan fingerprint density at radius 1 is 0.581 bits per heavy atom. The van der Waals surface area contributed by atoms with Crippen LogP contribution in [0.15, 0.2) is 97.2 Å². The highest BCUT2D eigenvalue weighted by Gasteiger charge is 2.51. The van der Waals surface area contributed by atoms with Crippen LogP contribution in [0.4, 0.5) is 0 Å². The van der Waals surface area contributed by atoms with Crippen LogP contribution in [-0.2, 0) is 32.7 Å². The summed E-state index contributed by atoms with van der Waals surface area (Å²) in [6.07, 6.45) is 31.3. The lowest BCUT2D eigenvalue weighted by Gasteiger charge is -2.41. The number of hydrogen-bond donors (Lipinski definition) is 7. The van der Waals surface area contributed by atoms with Gasteiger partial charge in [-0.05, 0) is 83.5 Å². The summed E-state index contributed by atoms with van der Waals surface area (Å²) in [6.45, 7) is 2.83. The maximum absolute atomic E-state index is 12.8. The third-order valence-electron chi connectivity index (χ3n) is 9.57. The van der Waals surface area contributed by atoms with E-state index >= 15 is 0 Å². The second kappa shape index (κ2) is 36.1. The van der Waals surface area contributed by atoms with Crippen molar-refractivity contribution in [2.24, 2.45) is 0 Å². The van der Waals surface area contributed by atoms with Gasteiger partial charge in [-0.3, -0.25) is 18.6 Å². The van der Waals surface area contributed by atoms with Crippen LogP contribution >= 0.6 is 7.82 Å². The Morgan fingerprint density at radius 2 is 1.05 bits per heavy atom. The molecule has 3 unspecified atom stereocenters. The van der Waals surface area contributed by atoms with Crippen LogP contribution in [0.2, 0.25) is 0 Å². The van der Waals surface area contributed by atoms with Gasteiger partial charge in [-0.15, -0.1) is 0 Å². The minimum atomic E-state index is -5.16. The van der Waals surface area contributed by atoms with Crippen LogP contribution in [0.25, 0.3) is 0 Å². The SMILES string of the molecule is CCCCC/C=C\C/C=C\C/C=C\CCCCC(=O)OC[C@H](COP(=O)(O)OC1[C@H](O)[C@H](O)C(O)[C@H](O)[C@H]1O)OC(=O)CCC/C=C\C/C=C\C/C=C\C/C=C\C=C\[C@H](O)CC. The summed E-state index contributed by atoms with van der Waals surface area (Å²) in [4.78, 5) is 35.6. The van der Waals surface area contributed by atoms with E-state index in [2.05, 4.69) is 61.6 Å². The average Bonchev–Trinajstić information content (AvgIpc) is 3.25. The Labute approximate surface area is 369 Å². The van der Waals surface area contributed by atoms with Crippen LogP contribution in [0.1, 0.15) is 123 Å². The van der Waals surface area contributed by atoms with Gasteiger partial charge in [0.15, 0.2) is 6.10 Å². The van der Waals surface area contributed by atoms with E-state index < -0.39 is 81.8 Å². The van der Waals surface area contributed by atoms with Gasteiger partial charge in [0.05, 0.1) is 12.7 Å². The molecule has 0 amide bonds. The monoisotopic (exact) mass is 894 g/mol. The highest BCUT2D eigenvalue weighted by atomic mass is 31.2. The van der Waals surface area contributed by atoms with Gasteiger partial charge in [0.1, 0.15) is 43.2 Å². The van der Waals surface area contributed by atoms with Crippen LogP contribution in [0.3, 0.4) is 0 Å². The fourth-order valence-electron chi connectivity index (χ4n) is 5.81. The van der Waals surface area contributed by atoms with Gasteiger partial charge in [0.25, 0.3) is 0 Å². The predicted molar refractivity (Wildman–Crippen MR) is 240 cm³/mol. The van der Waals surface area contributed by atoms with E-state index in [0.717, 1.165) is 51.4 Å². The molecule has 0 spiro atoms. The molecular formula is C47H75O14P. The van der Waals surface area contributed by atoms with Crippen molar-refractivity contribution in [3.8, 4) is 0 Å². The van der Waals surface area contributed by atoms with Gasteiger partial charge in [0.2, 0.25) is 0 Å². The molecule has 0 bridgehead atoms. The summed E-state index contributed by atoms with van der Waals surface area (Å²) < 4.78 is 33.4. The molecule has 0 aromatic rings. The number of hydrogen-bond acceptors (Lipinski definition) is 13. The zero-order valence-corrected chi connectivity index (χ0v) is 37.6. The molecule has 1 rings (SSSR count). The van der Waals surface area contributed by atoms with Crippen LogP contribution in [0.5, 0.6) is 0 Å². The van der Waals surface area contributed by atoms with E-state index in [1.807, 2.05) is 43.4 Å². The Balaban J connectivity index is 2.57. The van der Waals surface area contributed by atoms with Crippen molar-refractivity contribution in [2.45, 2.75) is 172 Å². The molecule has 0 aromatic heterocycles. The lowest BCUT2D eigenvalue weighted by molar-refractivity contribution is -0.220. The second-order valence-corrected chi connectivity index (χ2v) is 16.4. The van der Waals surface area contributed by atoms with E-state index in [0.29, 0.717) is 25.7 Å². The predicted octanol–water partition coefficient (Wildman–Crippen LogP) is 7.24. The van der Waals surface area contributed by atoms with Gasteiger partial charge >= 0.3 is 19.8 Å². The molecule has 7 N–H and O–H groups in total. The average molecular weight is 895 g/mol. The number of rotatable bonds is 34. The molecular weight excluding hydrogens is 819 g/mol. The van der Waals surface area contributed by atoms with Crippen molar-refractivity contribution < 1.29 is 68.2 Å². The van der Waals surface area contributed by atoms with Gasteiger partial charge in [-0.25, -0.2) is 4.57 Å². The first-order valence-corrected chi connectivity index (χ1v) is 23.6. The molecule has 14 nitrogen and oxygen atoms in total. The van der Waals surface area contributed by atoms with Crippen molar-refractivity contribution in [1.29, 1.82) is 0 Å². The molecule has 0 radical (unpaired) electrons. The third-order valence-corrected chi connectivity index (χ3v) is 10.6. The van der Waals surface area contributed by atoms with E-state index in [-0.39, 0.29) is 12.8 Å². The minimum Gasteiger partial charge on any atom is -0.462 e. The van der Waals surface area contributed by atoms with Crippen molar-refractivity contribution in [3.05, 3.63) is 97.2 Å². The number of phosphoric acid groups is 1. The van der Waals surface area contributed by atoms with E-state index in [1.165, 1.54) is 19.3 Å². The summed E-state index contributed by atoms with van der Waals surface area (Å²) in [7, 11) is -5.16. The maximum Gasteiger partial charge on any atom is 0.472 e. The first-order chi connectivity index (χ1) is 29.8. The zero-order valence-electron chi connectivity index (χ0n) is 36.7. The number of phosphoric ester groups is 1. The first kappa shape index (κ1) is 56.7. The number of aliphatic hydroxyl groups is 6. The topological polar surface area (TPSA) is 230 Å². The van der Waals surface area contributed by atoms with Crippen LogP contribution < -0.4 is 0 Å². The van der Waals surface area contributed by atoms with Gasteiger partial charge in [-0.1, -0.05) is 124 Å². The molecule has 1 aliphatic carbocycles. The fraction of sp³-hybridized carbons (Fsp3) is 0.617. The van der Waals surface area contributed by atoms with E-state index in [1.54, 1.807) is 6.08 Å². The molecule has 0 aliphatic heterocycles. The minimum absolute atomic E-state index is 0.00975. The first-order valence-electron chi connectivity index (χ1n) is 22.1. The van der Waals surface area contributed by atoms with Crippen molar-refractivity contribution in [1.82, 2.24) is 0 Å². The number of aliphatic hydroxyl groups excluding tert-OH is 6. The highest BCUT2D eigenvalue weighted by molar-refractivity contribution is 7.47. The number of esters is 2. The smallest absolute Gasteiger partial charge is 0.462 e. The lowest BCUT2D eigenvalue weighted by Crippen LogP contribution is -2.64. The normalized spacial score (nSPS) is 23.3. The van der Waals surface area contributed by atoms with Crippen molar-refractivity contribution >= 4 is 19.8 Å². The van der Waals surface area contributed by atoms with E-state index in [9.17, 15) is 49.7 Å². The Hall–Kier alpha value is -3.27. The summed E-state index contributed by atoms with van der Waals surface area (Å²) in [5.41, 5.74) is 0. The quantitative estimate of drug-likeness (QED) is 0.0111. The van der Waals surface area contributed by atoms with Gasteiger partial charge < -0.3 is 45.0 Å². The van der Waals surface area contributed by atoms with Gasteiger partial charge in [0, 0.05) is 12.8 Å². The van der Waals surface area contributed by atoms with Gasteiger partial charge in [-0.2, -0.15) is 0 Å². The summed E-state index contributed by atoms with van der Waals surface area (Å²) >= 11 is 0. The summed E-state index contributed by atoms with van der Waals surface area (Å²) in [5.74, 6) is -1.24. The molecule has 1 aliphatic rings. The Bertz CT molecular complexity index is 1470. The highest BCUT2D eigenvalue weighted by Crippen LogP contribution is 2.47. The number of allylic oxidation sites excluding steroid dienone is 15. The molecule has 0 heterocycles. The number of unbranched alkanes of at least 4 members (excludes halogenated alkanes) is 6. The maximum atomic E-state index is 12.8. The standard InChI is InChI=1S/C47H75O14P/c1-3-5-6-7-8-9-10-11-12-16-19-22-25-28-31-34-40(49)58-36-39(37-59-62(56,57)61-47-45(54)43(52)42(51)44(53)46(47)55)60-41(50)35-32-29-26-23-20-17-14-13-15-18-21-24-27-30-33-38(48)4-2/h8-9,11-12,14-15,17-19,22-24,26-27,30,33,38-39,42-48,51-55H,3-7,10,13,16,20-21,25,28-29,31-32,34-37H2,1-2H3,(H,56,57)/b9-8-,12-11-,17-14-,18-15-,22-19-,26-23-,27-24-,33-30+/t38-,39-,42?,43-,44+,45-,46-,47?/m1/s1. The van der Waals surface area contributed by atoms with Crippen molar-refractivity contribution in [2.75, 3.05) is 13.2 Å². The molecule has 15 heteroatoms. The molecule has 1 fully saturated rings. The molecule has 352 valence electrons. The fourth-order valence-corrected chi connectivity index (χ4v) is 6.78. The molecule has 9 atom stereocenters. The molecule has 1 saturated carbocycles. The van der Waals surface area contributed by atoms with Crippen LogP contribution in [-0.4, -0.2) is 110 Å². The third kappa shape index (κ3) is 28.4.